The fourth-order valence-corrected chi connectivity index (χ4v) is 2.28. The third kappa shape index (κ3) is 3.97. The largest absolute Gasteiger partial charge is 0.313 e. The predicted molar refractivity (Wildman–Crippen MR) is 72.1 cm³/mol. The van der Waals surface area contributed by atoms with Gasteiger partial charge in [-0.2, -0.15) is 0 Å². The molecule has 0 saturated heterocycles. The van der Waals surface area contributed by atoms with Crippen molar-refractivity contribution in [2.24, 2.45) is 0 Å². The van der Waals surface area contributed by atoms with Gasteiger partial charge in [0.1, 0.15) is 5.82 Å². The standard InChI is InChI=1S/C14H21ClFN/c1-4-5-6-7-14(17-3)11-8-10(2)13(16)9-12(11)15/h8-9,14,17H,4-7H2,1-3H3. The highest BCUT2D eigenvalue weighted by atomic mass is 35.5. The predicted octanol–water partition coefficient (Wildman–Crippen LogP) is 4.63. The summed E-state index contributed by atoms with van der Waals surface area (Å²) in [5.74, 6) is -0.234. The van der Waals surface area contributed by atoms with Gasteiger partial charge in [0.2, 0.25) is 0 Å². The number of benzene rings is 1. The van der Waals surface area contributed by atoms with Crippen LogP contribution in [-0.4, -0.2) is 7.05 Å². The van der Waals surface area contributed by atoms with Crippen molar-refractivity contribution in [3.8, 4) is 0 Å². The van der Waals surface area contributed by atoms with Crippen LogP contribution in [0.4, 0.5) is 4.39 Å². The maximum absolute atomic E-state index is 13.3. The van der Waals surface area contributed by atoms with E-state index in [1.807, 2.05) is 13.1 Å². The van der Waals surface area contributed by atoms with E-state index >= 15 is 0 Å². The zero-order valence-corrected chi connectivity index (χ0v) is 11.6. The lowest BCUT2D eigenvalue weighted by Crippen LogP contribution is -2.17. The van der Waals surface area contributed by atoms with Crippen LogP contribution in [0.15, 0.2) is 12.1 Å². The Morgan fingerprint density at radius 1 is 1.35 bits per heavy atom. The zero-order chi connectivity index (χ0) is 12.8. The smallest absolute Gasteiger partial charge is 0.127 e. The minimum Gasteiger partial charge on any atom is -0.313 e. The van der Waals surface area contributed by atoms with Crippen LogP contribution in [0, 0.1) is 12.7 Å². The minimum absolute atomic E-state index is 0.216. The average molecular weight is 258 g/mol. The van der Waals surface area contributed by atoms with Crippen molar-refractivity contribution in [3.63, 3.8) is 0 Å². The van der Waals surface area contributed by atoms with Gasteiger partial charge in [-0.3, -0.25) is 0 Å². The van der Waals surface area contributed by atoms with Gasteiger partial charge in [-0.05, 0) is 37.6 Å². The number of aryl methyl sites for hydroxylation is 1. The normalized spacial score (nSPS) is 12.8. The molecule has 0 amide bonds. The van der Waals surface area contributed by atoms with E-state index in [9.17, 15) is 4.39 Å². The van der Waals surface area contributed by atoms with Gasteiger partial charge in [0.25, 0.3) is 0 Å². The SMILES string of the molecule is CCCCCC(NC)c1cc(C)c(F)cc1Cl. The molecule has 1 aromatic rings. The molecule has 0 fully saturated rings. The number of halogens is 2. The molecule has 1 rings (SSSR count). The Hall–Kier alpha value is -0.600. The quantitative estimate of drug-likeness (QED) is 0.733. The molecule has 0 aromatic heterocycles. The maximum Gasteiger partial charge on any atom is 0.127 e. The molecule has 0 aliphatic rings. The van der Waals surface area contributed by atoms with Gasteiger partial charge >= 0.3 is 0 Å². The summed E-state index contributed by atoms with van der Waals surface area (Å²) in [5.41, 5.74) is 1.66. The Morgan fingerprint density at radius 3 is 2.65 bits per heavy atom. The van der Waals surface area contributed by atoms with Crippen LogP contribution in [0.1, 0.15) is 49.8 Å². The van der Waals surface area contributed by atoms with Crippen molar-refractivity contribution in [3.05, 3.63) is 34.1 Å². The van der Waals surface area contributed by atoms with Gasteiger partial charge in [-0.15, -0.1) is 0 Å². The van der Waals surface area contributed by atoms with Crippen LogP contribution in [-0.2, 0) is 0 Å². The summed E-state index contributed by atoms with van der Waals surface area (Å²) in [7, 11) is 1.92. The highest BCUT2D eigenvalue weighted by molar-refractivity contribution is 6.31. The van der Waals surface area contributed by atoms with Crippen LogP contribution in [0.3, 0.4) is 0 Å². The van der Waals surface area contributed by atoms with Crippen molar-refractivity contribution in [2.45, 2.75) is 45.6 Å². The molecule has 1 aromatic carbocycles. The highest BCUT2D eigenvalue weighted by Gasteiger charge is 2.14. The molecule has 0 aliphatic heterocycles. The number of unbranched alkanes of at least 4 members (excludes halogenated alkanes) is 2. The second-order valence-electron chi connectivity index (χ2n) is 4.46. The molecule has 1 atom stereocenters. The molecule has 1 N–H and O–H groups in total. The number of hydrogen-bond acceptors (Lipinski definition) is 1. The molecule has 0 heterocycles. The fraction of sp³-hybridized carbons (Fsp3) is 0.571. The molecule has 1 nitrogen and oxygen atoms in total. The molecular formula is C14H21ClFN. The van der Waals surface area contributed by atoms with E-state index in [0.29, 0.717) is 10.6 Å². The van der Waals surface area contributed by atoms with Gasteiger partial charge in [-0.25, -0.2) is 4.39 Å². The molecule has 0 radical (unpaired) electrons. The van der Waals surface area contributed by atoms with E-state index in [0.717, 1.165) is 18.4 Å². The highest BCUT2D eigenvalue weighted by Crippen LogP contribution is 2.29. The van der Waals surface area contributed by atoms with Crippen LogP contribution in [0.25, 0.3) is 0 Å². The van der Waals surface area contributed by atoms with Crippen LogP contribution in [0.2, 0.25) is 5.02 Å². The number of nitrogens with one attached hydrogen (secondary N) is 1. The van der Waals surface area contributed by atoms with Crippen molar-refractivity contribution >= 4 is 11.6 Å². The van der Waals surface area contributed by atoms with E-state index < -0.39 is 0 Å². The summed E-state index contributed by atoms with van der Waals surface area (Å²) >= 11 is 6.11. The van der Waals surface area contributed by atoms with E-state index in [1.165, 1.54) is 18.9 Å². The second-order valence-corrected chi connectivity index (χ2v) is 4.87. The summed E-state index contributed by atoms with van der Waals surface area (Å²) in [6.07, 6.45) is 4.62. The summed E-state index contributed by atoms with van der Waals surface area (Å²) < 4.78 is 13.3. The van der Waals surface area contributed by atoms with Crippen LogP contribution in [0.5, 0.6) is 0 Å². The summed E-state index contributed by atoms with van der Waals surface area (Å²) in [4.78, 5) is 0. The van der Waals surface area contributed by atoms with Crippen molar-refractivity contribution in [1.82, 2.24) is 5.32 Å². The molecule has 0 spiro atoms. The first kappa shape index (κ1) is 14.5. The molecule has 96 valence electrons. The lowest BCUT2D eigenvalue weighted by molar-refractivity contribution is 0.510. The molecule has 3 heteroatoms. The summed E-state index contributed by atoms with van der Waals surface area (Å²) in [6, 6.07) is 3.48. The monoisotopic (exact) mass is 257 g/mol. The second kappa shape index (κ2) is 6.97. The first-order chi connectivity index (χ1) is 8.10. The lowest BCUT2D eigenvalue weighted by Gasteiger charge is -2.18. The summed E-state index contributed by atoms with van der Waals surface area (Å²) in [5, 5.41) is 3.78. The van der Waals surface area contributed by atoms with Crippen molar-refractivity contribution in [1.29, 1.82) is 0 Å². The van der Waals surface area contributed by atoms with Gasteiger partial charge < -0.3 is 5.32 Å². The van der Waals surface area contributed by atoms with Gasteiger partial charge in [-0.1, -0.05) is 43.9 Å². The van der Waals surface area contributed by atoms with Gasteiger partial charge in [0, 0.05) is 11.1 Å². The summed E-state index contributed by atoms with van der Waals surface area (Å²) in [6.45, 7) is 3.96. The molecular weight excluding hydrogens is 237 g/mol. The van der Waals surface area contributed by atoms with E-state index in [1.54, 1.807) is 6.92 Å². The van der Waals surface area contributed by atoms with Crippen LogP contribution >= 0.6 is 11.6 Å². The van der Waals surface area contributed by atoms with E-state index in [2.05, 4.69) is 12.2 Å². The lowest BCUT2D eigenvalue weighted by atomic mass is 9.99. The van der Waals surface area contributed by atoms with Crippen molar-refractivity contribution < 1.29 is 4.39 Å². The molecule has 0 aliphatic carbocycles. The van der Waals surface area contributed by atoms with Crippen LogP contribution < -0.4 is 5.32 Å². The zero-order valence-electron chi connectivity index (χ0n) is 10.8. The molecule has 0 bridgehead atoms. The Labute approximate surface area is 108 Å². The first-order valence-electron chi connectivity index (χ1n) is 6.23. The topological polar surface area (TPSA) is 12.0 Å². The molecule has 1 unspecified atom stereocenters. The number of hydrogen-bond donors (Lipinski definition) is 1. The van der Waals surface area contributed by atoms with Gasteiger partial charge in [0.15, 0.2) is 0 Å². The Bertz CT molecular complexity index is 365. The Morgan fingerprint density at radius 2 is 2.06 bits per heavy atom. The van der Waals surface area contributed by atoms with E-state index in [4.69, 9.17) is 11.6 Å². The first-order valence-corrected chi connectivity index (χ1v) is 6.60. The fourth-order valence-electron chi connectivity index (χ4n) is 2.00. The molecule has 17 heavy (non-hydrogen) atoms. The Kier molecular flexibility index (Phi) is 5.93. The van der Waals surface area contributed by atoms with E-state index in [-0.39, 0.29) is 11.9 Å². The Balaban J connectivity index is 2.84. The van der Waals surface area contributed by atoms with Crippen molar-refractivity contribution in [2.75, 3.05) is 7.05 Å². The number of rotatable bonds is 6. The third-order valence-electron chi connectivity index (χ3n) is 3.10. The minimum atomic E-state index is -0.234. The third-order valence-corrected chi connectivity index (χ3v) is 3.43. The van der Waals surface area contributed by atoms with Gasteiger partial charge in [0.05, 0.1) is 0 Å². The molecule has 0 saturated carbocycles. The average Bonchev–Trinajstić information content (AvgIpc) is 2.30. The maximum atomic E-state index is 13.3.